The Labute approximate surface area is 156 Å². The fourth-order valence-corrected chi connectivity index (χ4v) is 2.81. The number of halogens is 3. The van der Waals surface area contributed by atoms with Crippen LogP contribution in [0.2, 0.25) is 15.1 Å². The molecule has 0 fully saturated rings. The van der Waals surface area contributed by atoms with Crippen molar-refractivity contribution in [3.05, 3.63) is 73.1 Å². The van der Waals surface area contributed by atoms with Gasteiger partial charge in [0.1, 0.15) is 11.8 Å². The van der Waals surface area contributed by atoms with Crippen LogP contribution in [-0.4, -0.2) is 20.8 Å². The maximum atomic E-state index is 12.3. The molecule has 4 N–H and O–H groups in total. The van der Waals surface area contributed by atoms with Crippen molar-refractivity contribution in [1.29, 1.82) is 0 Å². The second-order valence-electron chi connectivity index (χ2n) is 5.17. The van der Waals surface area contributed by atoms with Gasteiger partial charge in [-0.1, -0.05) is 40.9 Å². The summed E-state index contributed by atoms with van der Waals surface area (Å²) in [6.07, 6.45) is -1.31. The van der Waals surface area contributed by atoms with E-state index >= 15 is 0 Å². The molecule has 3 aromatic rings. The highest BCUT2D eigenvalue weighted by atomic mass is 35.5. The summed E-state index contributed by atoms with van der Waals surface area (Å²) in [6, 6.07) is 9.39. The van der Waals surface area contributed by atoms with Gasteiger partial charge < -0.3 is 15.9 Å². The summed E-state index contributed by atoms with van der Waals surface area (Å²) in [5, 5.41) is 15.2. The average Bonchev–Trinajstić information content (AvgIpc) is 2.58. The van der Waals surface area contributed by atoms with Crippen LogP contribution in [-0.2, 0) is 0 Å². The number of nitrogens with two attached hydrogens (primary N) is 1. The van der Waals surface area contributed by atoms with Crippen molar-refractivity contribution >= 4 is 51.5 Å². The highest BCUT2D eigenvalue weighted by molar-refractivity contribution is 6.42. The Bertz CT molecular complexity index is 1050. The van der Waals surface area contributed by atoms with Gasteiger partial charge >= 0.3 is 0 Å². The van der Waals surface area contributed by atoms with Crippen LogP contribution in [0.4, 0.5) is 0 Å². The van der Waals surface area contributed by atoms with Crippen LogP contribution in [0.15, 0.2) is 46.3 Å². The molecule has 0 unspecified atom stereocenters. The van der Waals surface area contributed by atoms with E-state index in [1.165, 1.54) is 12.1 Å². The number of fused-ring (bicyclic) bond motifs is 1. The number of hydrogen-bond donors (Lipinski definition) is 3. The van der Waals surface area contributed by atoms with Crippen molar-refractivity contribution < 1.29 is 5.11 Å². The van der Waals surface area contributed by atoms with Crippen LogP contribution in [0.1, 0.15) is 17.4 Å². The summed E-state index contributed by atoms with van der Waals surface area (Å²) < 4.78 is 0. The zero-order chi connectivity index (χ0) is 18.1. The van der Waals surface area contributed by atoms with E-state index in [9.17, 15) is 9.90 Å². The molecule has 0 amide bonds. The summed E-state index contributed by atoms with van der Waals surface area (Å²) in [5.74, 6) is 5.40. The summed E-state index contributed by atoms with van der Waals surface area (Å²) in [7, 11) is 0. The van der Waals surface area contributed by atoms with Gasteiger partial charge in [0.2, 0.25) is 0 Å². The maximum Gasteiger partial charge on any atom is 0.276 e. The number of aliphatic hydroxyl groups is 1. The number of benzene rings is 2. The number of hydrazone groups is 1. The van der Waals surface area contributed by atoms with Crippen molar-refractivity contribution in [2.24, 2.45) is 10.9 Å². The molecular formula is C16H11Cl3N4O2. The smallest absolute Gasteiger partial charge is 0.276 e. The van der Waals surface area contributed by atoms with Crippen LogP contribution >= 0.6 is 34.8 Å². The average molecular weight is 398 g/mol. The van der Waals surface area contributed by atoms with Gasteiger partial charge in [0.25, 0.3) is 5.56 Å². The summed E-state index contributed by atoms with van der Waals surface area (Å²) in [6.45, 7) is 0. The third-order valence-corrected chi connectivity index (χ3v) is 4.53. The van der Waals surface area contributed by atoms with Gasteiger partial charge in [-0.2, -0.15) is 5.10 Å². The van der Waals surface area contributed by atoms with E-state index in [-0.39, 0.29) is 16.4 Å². The fraction of sp³-hybridized carbons (Fsp3) is 0.0625. The van der Waals surface area contributed by atoms with Crippen LogP contribution < -0.4 is 11.4 Å². The van der Waals surface area contributed by atoms with Crippen molar-refractivity contribution in [2.45, 2.75) is 6.10 Å². The molecule has 0 saturated heterocycles. The van der Waals surface area contributed by atoms with E-state index in [0.29, 0.717) is 26.6 Å². The van der Waals surface area contributed by atoms with E-state index in [1.807, 2.05) is 0 Å². The van der Waals surface area contributed by atoms with Crippen LogP contribution in [0.3, 0.4) is 0 Å². The Kier molecular flexibility index (Phi) is 4.96. The van der Waals surface area contributed by atoms with Gasteiger partial charge in [-0.3, -0.25) is 4.79 Å². The van der Waals surface area contributed by atoms with Crippen molar-refractivity contribution in [2.75, 3.05) is 0 Å². The van der Waals surface area contributed by atoms with Crippen LogP contribution in [0, 0.1) is 0 Å². The van der Waals surface area contributed by atoms with E-state index in [0.717, 1.165) is 0 Å². The molecule has 9 heteroatoms. The molecule has 1 aromatic heterocycles. The number of nitrogens with one attached hydrogen (secondary N) is 1. The number of nitrogens with zero attached hydrogens (tertiary/aromatic N) is 2. The minimum Gasteiger partial charge on any atom is -0.382 e. The van der Waals surface area contributed by atoms with E-state index in [1.54, 1.807) is 24.3 Å². The molecule has 0 saturated carbocycles. The Morgan fingerprint density at radius 2 is 1.92 bits per heavy atom. The predicted molar refractivity (Wildman–Crippen MR) is 99.5 cm³/mol. The standard InChI is InChI=1S/C16H11Cl3N4O2/c17-8-2-4-11-12(6-8)22-16(25)14(21-11)13(23-20)15(24)7-1-3-9(18)10(19)5-7/h1-6,15,24H,20H2,(H,22,25)/b23-13+/t15-/m0/s1. The van der Waals surface area contributed by atoms with Crippen LogP contribution in [0.5, 0.6) is 0 Å². The predicted octanol–water partition coefficient (Wildman–Crippen LogP) is 3.28. The second kappa shape index (κ2) is 7.01. The zero-order valence-corrected chi connectivity index (χ0v) is 14.8. The molecule has 0 spiro atoms. The van der Waals surface area contributed by atoms with Gasteiger partial charge in [-0.05, 0) is 35.9 Å². The molecule has 25 heavy (non-hydrogen) atoms. The van der Waals surface area contributed by atoms with Crippen molar-refractivity contribution in [1.82, 2.24) is 9.97 Å². The van der Waals surface area contributed by atoms with Gasteiger partial charge in [-0.25, -0.2) is 4.98 Å². The molecular weight excluding hydrogens is 387 g/mol. The Morgan fingerprint density at radius 1 is 1.16 bits per heavy atom. The highest BCUT2D eigenvalue weighted by Crippen LogP contribution is 2.27. The Morgan fingerprint density at radius 3 is 2.60 bits per heavy atom. The largest absolute Gasteiger partial charge is 0.382 e. The number of hydrogen-bond acceptors (Lipinski definition) is 5. The molecule has 0 aliphatic rings. The highest BCUT2D eigenvalue weighted by Gasteiger charge is 2.22. The third-order valence-electron chi connectivity index (χ3n) is 3.55. The van der Waals surface area contributed by atoms with Gasteiger partial charge in [0.15, 0.2) is 5.69 Å². The topological polar surface area (TPSA) is 104 Å². The number of H-pyrrole nitrogens is 1. The molecule has 3 rings (SSSR count). The second-order valence-corrected chi connectivity index (χ2v) is 6.42. The lowest BCUT2D eigenvalue weighted by Gasteiger charge is -2.13. The van der Waals surface area contributed by atoms with Crippen molar-refractivity contribution in [3.8, 4) is 0 Å². The fourth-order valence-electron chi connectivity index (χ4n) is 2.33. The normalized spacial score (nSPS) is 13.2. The molecule has 6 nitrogen and oxygen atoms in total. The SMILES string of the molecule is N/N=C(\c1nc2ccc(Cl)cc2[nH]c1=O)[C@@H](O)c1ccc(Cl)c(Cl)c1. The minimum absolute atomic E-state index is 0.100. The first-order chi connectivity index (χ1) is 11.9. The molecule has 2 aromatic carbocycles. The van der Waals surface area contributed by atoms with E-state index in [4.69, 9.17) is 40.6 Å². The monoisotopic (exact) mass is 396 g/mol. The van der Waals surface area contributed by atoms with E-state index < -0.39 is 11.7 Å². The lowest BCUT2D eigenvalue weighted by atomic mass is 10.0. The first kappa shape index (κ1) is 17.7. The number of aromatic amines is 1. The Hall–Kier alpha value is -2.12. The summed E-state index contributed by atoms with van der Waals surface area (Å²) in [4.78, 5) is 19.2. The number of aliphatic hydroxyl groups excluding tert-OH is 1. The Balaban J connectivity index is 2.10. The lowest BCUT2D eigenvalue weighted by Crippen LogP contribution is -2.26. The zero-order valence-electron chi connectivity index (χ0n) is 12.5. The summed E-state index contributed by atoms with van der Waals surface area (Å²) >= 11 is 17.7. The maximum absolute atomic E-state index is 12.3. The lowest BCUT2D eigenvalue weighted by molar-refractivity contribution is 0.247. The molecule has 0 radical (unpaired) electrons. The number of rotatable bonds is 3. The first-order valence-electron chi connectivity index (χ1n) is 7.01. The first-order valence-corrected chi connectivity index (χ1v) is 8.15. The minimum atomic E-state index is -1.31. The quantitative estimate of drug-likeness (QED) is 0.358. The summed E-state index contributed by atoms with van der Waals surface area (Å²) in [5.41, 5.74) is 0.546. The third kappa shape index (κ3) is 3.48. The van der Waals surface area contributed by atoms with E-state index in [2.05, 4.69) is 15.1 Å². The molecule has 0 bridgehead atoms. The molecule has 0 aliphatic heterocycles. The van der Waals surface area contributed by atoms with Gasteiger partial charge in [-0.15, -0.1) is 0 Å². The molecule has 1 atom stereocenters. The van der Waals surface area contributed by atoms with Crippen LogP contribution in [0.25, 0.3) is 11.0 Å². The molecule has 128 valence electrons. The van der Waals surface area contributed by atoms with Gasteiger partial charge in [0.05, 0.1) is 21.1 Å². The van der Waals surface area contributed by atoms with Crippen molar-refractivity contribution in [3.63, 3.8) is 0 Å². The molecule has 1 heterocycles. The molecule has 0 aliphatic carbocycles. The van der Waals surface area contributed by atoms with Gasteiger partial charge in [0, 0.05) is 5.02 Å². The number of aromatic nitrogens is 2.